The van der Waals surface area contributed by atoms with Gasteiger partial charge in [0.25, 0.3) is 29.5 Å². The molecule has 5 unspecified atom stereocenters. The third-order valence-corrected chi connectivity index (χ3v) is 28.3. The second-order valence-electron chi connectivity index (χ2n) is 33.0. The molecule has 0 saturated carbocycles. The number of hydrogen-bond donors (Lipinski definition) is 14. The molecule has 6 fully saturated rings. The summed E-state index contributed by atoms with van der Waals surface area (Å²) in [5.41, 5.74) is -3.00. The van der Waals surface area contributed by atoms with Gasteiger partial charge in [-0.2, -0.15) is 0 Å². The van der Waals surface area contributed by atoms with Gasteiger partial charge in [-0.15, -0.1) is 65.9 Å². The van der Waals surface area contributed by atoms with E-state index in [1.54, 1.807) is 29.1 Å². The molecule has 109 heavy (non-hydrogen) atoms. The first kappa shape index (κ1) is 91.6. The number of carbonyl (C=O) groups is 5. The Morgan fingerprint density at radius 2 is 0.789 bits per heavy atom. The van der Waals surface area contributed by atoms with E-state index in [0.717, 1.165) is 43.7 Å². The Labute approximate surface area is 655 Å². The number of nitrogens with zero attached hydrogens (tertiary/aromatic N) is 5. The minimum atomic E-state index is -2.47. The lowest BCUT2D eigenvalue weighted by molar-refractivity contribution is -0.251. The number of rotatable bonds is 20. The summed E-state index contributed by atoms with van der Waals surface area (Å²) in [5.74, 6) is -2.10. The van der Waals surface area contributed by atoms with Crippen molar-refractivity contribution in [3.8, 4) is 0 Å². The zero-order valence-electron chi connectivity index (χ0n) is 64.7. The van der Waals surface area contributed by atoms with E-state index in [1.807, 2.05) is 0 Å². The first-order valence-electron chi connectivity index (χ1n) is 35.5. The molecular weight excluding hydrogens is 1620 g/mol. The molecule has 19 atom stereocenters. The highest BCUT2D eigenvalue weighted by atomic mass is 127. The Hall–Kier alpha value is -4.62. The summed E-state index contributed by atoms with van der Waals surface area (Å²) in [6.07, 6.45) is 31.6. The molecule has 11 rings (SSSR count). The van der Waals surface area contributed by atoms with E-state index in [2.05, 4.69) is 180 Å². The van der Waals surface area contributed by atoms with Crippen LogP contribution in [0.1, 0.15) is 46.0 Å². The van der Waals surface area contributed by atoms with Crippen LogP contribution in [0.15, 0.2) is 123 Å². The highest BCUT2D eigenvalue weighted by Gasteiger charge is 2.63. The van der Waals surface area contributed by atoms with Crippen molar-refractivity contribution in [2.75, 3.05) is 104 Å². The minimum Gasteiger partial charge on any atom is -0.389 e. The van der Waals surface area contributed by atoms with Crippen molar-refractivity contribution in [2.24, 2.45) is 0 Å². The fraction of sp³-hybridized carbons (Fsp3) is 0.589. The van der Waals surface area contributed by atoms with Gasteiger partial charge < -0.3 is 125 Å². The molecular formula is C73H118IN10O20P5. The molecule has 30 nitrogen and oxygen atoms in total. The van der Waals surface area contributed by atoms with E-state index in [0.29, 0.717) is 49.2 Å². The Morgan fingerprint density at radius 1 is 0.440 bits per heavy atom. The number of carbonyl (C=O) groups excluding carboxylic acids is 5. The topological polar surface area (TPSA) is 399 Å². The van der Waals surface area contributed by atoms with Crippen LogP contribution < -0.4 is 26.6 Å². The number of aliphatic hydroxyl groups is 9. The molecule has 11 aliphatic rings. The van der Waals surface area contributed by atoms with E-state index in [9.17, 15) is 69.9 Å². The van der Waals surface area contributed by atoms with Crippen molar-refractivity contribution in [3.63, 3.8) is 0 Å². The fourth-order valence-corrected chi connectivity index (χ4v) is 19.0. The Balaban J connectivity index is 0.000000190. The van der Waals surface area contributed by atoms with Crippen molar-refractivity contribution >= 4 is 118 Å². The van der Waals surface area contributed by atoms with Crippen LogP contribution in [-0.4, -0.2) is 354 Å². The van der Waals surface area contributed by atoms with Crippen LogP contribution >= 0.6 is 57.0 Å². The molecule has 11 heterocycles. The number of hydrogen-bond acceptors (Lipinski definition) is 25. The zero-order valence-corrected chi connectivity index (χ0v) is 71.4. The standard InChI is InChI=1S/C15H23N2O4P.2C15H25N2O4P.C14H22IN2O3P.C14H23N2O5P/c1-10-16-11(18)5-7-17(10)14-12-13(19)15(21-14,9-20-12)6-8-22(2,3)4;1-10-16-12(18)6-8-17(10)14-15(2,20)13(19)11(21-14)7-9-22(3,4)5;1-10-16-11(18)6-8-17(10)14-12(19)13(20)15(2,21-14)7-9-22(3,4)5;1-9-16-11(18)5-7-17(9)14-12(15)13(19)10(20-14)6-8-21(2,3)4;1-9-15-11(17)5-7-16(9)13-14(19,20)12(18)10(21-13)6-8-22(2,3)4/h5,7,12-14,19H,1-2,6,8-9H2,3-4H3,(H,16,18);6,8,11,13-14,19-20H,1,3,7,9H2,2,4-5H3,(H,16,18);6,8,12-14,19-20H,1,3,7,9H2,2,4-5H3,(H,16,18);5,7,10,12-14,19H,1-2,6,8H2,3-4H3,(H,16,18);5,7,10,12-13,18-20H,1-2,6,8H2,3-4H3,(H,15,17)/t12-,13+,14?,15+;11-,13-,14?,15-;12-,13+,14?,15-;10-,12-,13-,14?;10-,12-,13?/m11111/s1. The predicted octanol–water partition coefficient (Wildman–Crippen LogP) is 1.70. The summed E-state index contributed by atoms with van der Waals surface area (Å²) in [5, 5.41) is 106. The first-order valence-corrected chi connectivity index (χ1v) is 52.0. The Kier molecular flexibility index (Phi) is 29.9. The number of ether oxygens (including phenoxy) is 6. The van der Waals surface area contributed by atoms with Crippen LogP contribution in [0, 0.1) is 0 Å². The monoisotopic (exact) mass is 1740 g/mol. The molecule has 6 saturated heterocycles. The largest absolute Gasteiger partial charge is 0.389 e. The molecule has 0 radical (unpaired) electrons. The Bertz CT molecular complexity index is 3750. The quantitative estimate of drug-likeness (QED) is 0.0357. The third kappa shape index (κ3) is 23.6. The van der Waals surface area contributed by atoms with Gasteiger partial charge >= 0.3 is 0 Å². The maximum atomic E-state index is 11.3. The van der Waals surface area contributed by atoms with E-state index in [1.165, 1.54) is 70.6 Å². The summed E-state index contributed by atoms with van der Waals surface area (Å²) >= 11 is 2.20. The van der Waals surface area contributed by atoms with Crippen molar-refractivity contribution in [3.05, 3.63) is 123 Å². The normalized spacial score (nSPS) is 34.9. The zero-order chi connectivity index (χ0) is 82.0. The average molecular weight is 1740 g/mol. The van der Waals surface area contributed by atoms with Crippen LogP contribution in [0.3, 0.4) is 0 Å². The van der Waals surface area contributed by atoms with E-state index >= 15 is 0 Å². The van der Waals surface area contributed by atoms with Crippen molar-refractivity contribution < 1.29 is 98.4 Å². The number of amides is 5. The van der Waals surface area contributed by atoms with Crippen LogP contribution in [0.5, 0.6) is 0 Å². The molecule has 36 heteroatoms. The number of aliphatic hydroxyl groups excluding tert-OH is 6. The first-order chi connectivity index (χ1) is 50.0. The number of fused-ring (bicyclic) bond motifs is 2. The van der Waals surface area contributed by atoms with Crippen molar-refractivity contribution in [1.29, 1.82) is 0 Å². The molecule has 5 amide bonds. The maximum absolute atomic E-state index is 11.3. The lowest BCUT2D eigenvalue weighted by Crippen LogP contribution is -2.55. The van der Waals surface area contributed by atoms with Crippen LogP contribution in [0.2, 0.25) is 0 Å². The molecule has 612 valence electrons. The second-order valence-corrected chi connectivity index (χ2v) is 56.0. The molecule has 0 aromatic carbocycles. The lowest BCUT2D eigenvalue weighted by atomic mass is 9.94. The molecule has 11 aliphatic heterocycles. The van der Waals surface area contributed by atoms with Crippen LogP contribution in [0.4, 0.5) is 0 Å². The van der Waals surface area contributed by atoms with Crippen LogP contribution in [-0.2, 0) is 52.4 Å². The van der Waals surface area contributed by atoms with E-state index in [4.69, 9.17) is 28.4 Å². The lowest BCUT2D eigenvalue weighted by Gasteiger charge is -2.38. The summed E-state index contributed by atoms with van der Waals surface area (Å²) in [4.78, 5) is 64.2. The highest BCUT2D eigenvalue weighted by molar-refractivity contribution is 14.1. The van der Waals surface area contributed by atoms with E-state index in [-0.39, 0.29) is 51.6 Å². The van der Waals surface area contributed by atoms with Gasteiger partial charge in [0.05, 0.1) is 40.5 Å². The highest BCUT2D eigenvalue weighted by Crippen LogP contribution is 2.50. The van der Waals surface area contributed by atoms with E-state index < -0.39 is 137 Å². The summed E-state index contributed by atoms with van der Waals surface area (Å²) in [7, 11) is 0. The third-order valence-electron chi connectivity index (χ3n) is 19.7. The minimum absolute atomic E-state index is 0.0877. The molecule has 14 N–H and O–H groups in total. The molecule has 0 spiro atoms. The molecule has 0 aromatic rings. The van der Waals surface area contributed by atoms with Gasteiger partial charge in [0.1, 0.15) is 83.2 Å². The van der Waals surface area contributed by atoms with Gasteiger partial charge in [0, 0.05) is 61.4 Å². The van der Waals surface area contributed by atoms with Crippen molar-refractivity contribution in [1.82, 2.24) is 51.1 Å². The van der Waals surface area contributed by atoms with Gasteiger partial charge in [0.2, 0.25) is 5.79 Å². The molecule has 2 bridgehead atoms. The fourth-order valence-electron chi connectivity index (χ4n) is 13.1. The smallest absolute Gasteiger partial charge is 0.250 e. The van der Waals surface area contributed by atoms with Gasteiger partial charge in [-0.25, -0.2) is 0 Å². The molecule has 0 aromatic heterocycles. The number of nitrogens with one attached hydrogen (secondary N) is 5. The second kappa shape index (κ2) is 35.6. The average Bonchev–Trinajstić information content (AvgIpc) is 1.58. The summed E-state index contributed by atoms with van der Waals surface area (Å²) < 4.78 is 35.4. The Morgan fingerprint density at radius 3 is 1.19 bits per heavy atom. The predicted molar refractivity (Wildman–Crippen MR) is 446 cm³/mol. The SMILES string of the molecule is C=C1NC(=O)C=CN1C1O[C@@]2(CCP(=C)(C)C)CO[C@@H]1[C@@H]2O.C=C1NC(=O)C=CN1C1O[C@H](CCP(=C)(C)C)[C@@H](O)C1(O)O.C=C1NC(=O)C=CN1C1O[C@H](CCP(=C)(C)C)[C@@H](O)[C@@]1(C)O.C=C1NC(=O)C=CN1C1O[C@H](CCP(=C)(C)C)[C@@H](O)[C@H]1I.C=C1NC(=O)C=CN1C1O[C@](C)(CCP(=C)(C)C)[C@@H](O)[C@H]1O. The van der Waals surface area contributed by atoms with Crippen molar-refractivity contribution in [2.45, 2.75) is 165 Å². The van der Waals surface area contributed by atoms with Gasteiger partial charge in [-0.3, -0.25) is 24.0 Å². The molecule has 0 aliphatic carbocycles. The summed E-state index contributed by atoms with van der Waals surface area (Å²) in [6.45, 7) is 37.7. The maximum Gasteiger partial charge on any atom is 0.250 e. The number of alkyl halides is 1. The van der Waals surface area contributed by atoms with Gasteiger partial charge in [-0.1, -0.05) is 55.5 Å². The van der Waals surface area contributed by atoms with Gasteiger partial charge in [0.15, 0.2) is 24.9 Å². The van der Waals surface area contributed by atoms with Crippen LogP contribution in [0.25, 0.3) is 0 Å². The van der Waals surface area contributed by atoms with Gasteiger partial charge in [-0.05, 0) is 143 Å². The number of halogens is 1. The summed E-state index contributed by atoms with van der Waals surface area (Å²) in [6, 6.07) is 0.